The molecule has 0 unspecified atom stereocenters. The molecule has 1 fully saturated rings. The molecule has 2 heterocycles. The van der Waals surface area contributed by atoms with E-state index in [4.69, 9.17) is 4.74 Å². The minimum absolute atomic E-state index is 0. The highest BCUT2D eigenvalue weighted by Crippen LogP contribution is 2.24. The molecule has 3 nitrogen and oxygen atoms in total. The monoisotopic (exact) mass is 450 g/mol. The first-order valence-corrected chi connectivity index (χ1v) is 8.78. The fraction of sp³-hybridized carbons (Fsp3) is 0.381. The minimum Gasteiger partial charge on any atom is -1.00 e. The summed E-state index contributed by atoms with van der Waals surface area (Å²) < 4.78 is 7.69. The largest absolute Gasteiger partial charge is 1.00 e. The zero-order valence-corrected chi connectivity index (χ0v) is 17.3. The quantitative estimate of drug-likeness (QED) is 0.492. The molecule has 3 rings (SSSR count). The molecule has 1 aromatic carbocycles. The molecule has 0 bridgehead atoms. The molecule has 0 atom stereocenters. The lowest BCUT2D eigenvalue weighted by Crippen LogP contribution is -3.00. The smallest absolute Gasteiger partial charge is 0.204 e. The van der Waals surface area contributed by atoms with Crippen LogP contribution in [-0.4, -0.2) is 25.1 Å². The molecule has 0 radical (unpaired) electrons. The predicted molar refractivity (Wildman–Crippen MR) is 98.7 cm³/mol. The molecular formula is C21H27IN2O. The second kappa shape index (κ2) is 9.92. The zero-order chi connectivity index (χ0) is 16.8. The molecule has 1 aromatic heterocycles. The first kappa shape index (κ1) is 19.9. The number of aryl methyl sites for hydroxylation is 1. The minimum atomic E-state index is 0. The van der Waals surface area contributed by atoms with Crippen LogP contribution in [0.4, 0.5) is 0 Å². The number of likely N-dealkylation sites (tertiary alicyclic amines) is 1. The topological polar surface area (TPSA) is 16.4 Å². The fourth-order valence-electron chi connectivity index (χ4n) is 3.28. The van der Waals surface area contributed by atoms with Gasteiger partial charge < -0.3 is 28.7 Å². The lowest BCUT2D eigenvalue weighted by Gasteiger charge is -2.27. The van der Waals surface area contributed by atoms with Crippen molar-refractivity contribution in [3.05, 3.63) is 59.4 Å². The maximum absolute atomic E-state index is 5.57. The van der Waals surface area contributed by atoms with Crippen molar-refractivity contribution in [2.45, 2.75) is 25.8 Å². The summed E-state index contributed by atoms with van der Waals surface area (Å²) in [6.45, 7) is 3.37. The van der Waals surface area contributed by atoms with Gasteiger partial charge in [0, 0.05) is 30.3 Å². The Bertz CT molecular complexity index is 709. The molecule has 4 heteroatoms. The van der Waals surface area contributed by atoms with Crippen molar-refractivity contribution in [2.24, 2.45) is 7.05 Å². The van der Waals surface area contributed by atoms with Crippen molar-refractivity contribution in [1.29, 1.82) is 0 Å². The summed E-state index contributed by atoms with van der Waals surface area (Å²) >= 11 is 0. The number of halogens is 1. The van der Waals surface area contributed by atoms with Crippen molar-refractivity contribution >= 4 is 12.2 Å². The Kier molecular flexibility index (Phi) is 7.90. The third-order valence-electron chi connectivity index (χ3n) is 4.69. The van der Waals surface area contributed by atoms with Crippen LogP contribution in [0, 0.1) is 0 Å². The number of pyridine rings is 1. The second-order valence-electron chi connectivity index (χ2n) is 6.48. The number of aromatic nitrogens is 1. The van der Waals surface area contributed by atoms with Crippen LogP contribution in [0.25, 0.3) is 12.2 Å². The number of ether oxygens (including phenoxy) is 1. The fourth-order valence-corrected chi connectivity index (χ4v) is 3.28. The number of benzene rings is 1. The Morgan fingerprint density at radius 1 is 1.08 bits per heavy atom. The highest BCUT2D eigenvalue weighted by molar-refractivity contribution is 5.67. The second-order valence-corrected chi connectivity index (χ2v) is 6.48. The van der Waals surface area contributed by atoms with Gasteiger partial charge in [-0.2, -0.15) is 0 Å². The van der Waals surface area contributed by atoms with E-state index in [0.29, 0.717) is 0 Å². The Morgan fingerprint density at radius 3 is 2.60 bits per heavy atom. The molecule has 2 aromatic rings. The van der Waals surface area contributed by atoms with Gasteiger partial charge in [0.05, 0.1) is 7.11 Å². The molecule has 0 aliphatic carbocycles. The first-order chi connectivity index (χ1) is 11.8. The summed E-state index contributed by atoms with van der Waals surface area (Å²) in [4.78, 5) is 2.53. The molecule has 0 N–H and O–H groups in total. The van der Waals surface area contributed by atoms with Gasteiger partial charge in [0.15, 0.2) is 6.20 Å². The highest BCUT2D eigenvalue weighted by Gasteiger charge is 2.13. The molecule has 0 saturated carbocycles. The predicted octanol–water partition coefficient (Wildman–Crippen LogP) is 0.680. The number of piperidine rings is 1. The molecule has 1 aliphatic rings. The maximum atomic E-state index is 5.57. The van der Waals surface area contributed by atoms with Crippen molar-refractivity contribution < 1.29 is 33.3 Å². The average Bonchev–Trinajstić information content (AvgIpc) is 2.62. The standard InChI is InChI=1S/C21H27N2O.HI/c1-22-13-7-4-8-20(22)11-9-18-10-12-21(24-2)19(16-18)17-23-14-5-3-6-15-23;/h4,7-13,16H,3,5-6,14-15,17H2,1-2H3;1H/q+1;/p-1/b11-9+;. The van der Waals surface area contributed by atoms with Crippen molar-refractivity contribution in [2.75, 3.05) is 20.2 Å². The molecule has 25 heavy (non-hydrogen) atoms. The van der Waals surface area contributed by atoms with E-state index in [0.717, 1.165) is 12.3 Å². The van der Waals surface area contributed by atoms with Crippen LogP contribution in [0.15, 0.2) is 42.6 Å². The summed E-state index contributed by atoms with van der Waals surface area (Å²) in [5.74, 6) is 0.989. The summed E-state index contributed by atoms with van der Waals surface area (Å²) in [5.41, 5.74) is 3.68. The first-order valence-electron chi connectivity index (χ1n) is 8.78. The van der Waals surface area contributed by atoms with Crippen LogP contribution in [-0.2, 0) is 13.6 Å². The van der Waals surface area contributed by atoms with Crippen molar-refractivity contribution in [3.8, 4) is 5.75 Å². The molecule has 1 aliphatic heterocycles. The van der Waals surface area contributed by atoms with Gasteiger partial charge in [-0.25, -0.2) is 4.57 Å². The van der Waals surface area contributed by atoms with Crippen LogP contribution in [0.5, 0.6) is 5.75 Å². The van der Waals surface area contributed by atoms with Crippen LogP contribution in [0.3, 0.4) is 0 Å². The van der Waals surface area contributed by atoms with E-state index in [1.807, 2.05) is 6.07 Å². The van der Waals surface area contributed by atoms with E-state index in [2.05, 4.69) is 65.2 Å². The molecule has 0 amide bonds. The van der Waals surface area contributed by atoms with E-state index in [1.165, 1.54) is 49.2 Å². The molecule has 1 saturated heterocycles. The van der Waals surface area contributed by atoms with Gasteiger partial charge in [0.1, 0.15) is 12.8 Å². The van der Waals surface area contributed by atoms with Gasteiger partial charge in [-0.05, 0) is 55.8 Å². The van der Waals surface area contributed by atoms with Crippen LogP contribution >= 0.6 is 0 Å². The Hall–Kier alpha value is -1.40. The Morgan fingerprint density at radius 2 is 1.88 bits per heavy atom. The summed E-state index contributed by atoms with van der Waals surface area (Å²) in [5, 5.41) is 0. The normalized spacial score (nSPS) is 15.1. The van der Waals surface area contributed by atoms with Crippen molar-refractivity contribution in [1.82, 2.24) is 4.90 Å². The number of rotatable bonds is 5. The van der Waals surface area contributed by atoms with E-state index >= 15 is 0 Å². The SMILES string of the molecule is COc1ccc(/C=C/c2cccc[n+]2C)cc1CN1CCCCC1.[I-]. The van der Waals surface area contributed by atoms with Gasteiger partial charge >= 0.3 is 0 Å². The van der Waals surface area contributed by atoms with Crippen LogP contribution < -0.4 is 33.3 Å². The highest BCUT2D eigenvalue weighted by atomic mass is 127. The van der Waals surface area contributed by atoms with E-state index in [1.54, 1.807) is 7.11 Å². The Labute approximate surface area is 168 Å². The molecule has 134 valence electrons. The lowest BCUT2D eigenvalue weighted by atomic mass is 10.1. The van der Waals surface area contributed by atoms with E-state index in [-0.39, 0.29) is 24.0 Å². The maximum Gasteiger partial charge on any atom is 0.204 e. The summed E-state index contributed by atoms with van der Waals surface area (Å²) in [6, 6.07) is 12.7. The average molecular weight is 450 g/mol. The number of hydrogen-bond donors (Lipinski definition) is 0. The molecule has 0 spiro atoms. The van der Waals surface area contributed by atoms with E-state index in [9.17, 15) is 0 Å². The third kappa shape index (κ3) is 5.54. The Balaban J connectivity index is 0.00000225. The van der Waals surface area contributed by atoms with Gasteiger partial charge in [0.25, 0.3) is 0 Å². The molecular weight excluding hydrogens is 423 g/mol. The third-order valence-corrected chi connectivity index (χ3v) is 4.69. The van der Waals surface area contributed by atoms with Gasteiger partial charge in [-0.1, -0.05) is 12.5 Å². The van der Waals surface area contributed by atoms with Gasteiger partial charge in [-0.3, -0.25) is 4.90 Å². The van der Waals surface area contributed by atoms with Crippen LogP contribution in [0.2, 0.25) is 0 Å². The summed E-state index contributed by atoms with van der Waals surface area (Å²) in [7, 11) is 3.82. The number of nitrogens with zero attached hydrogens (tertiary/aromatic N) is 2. The number of methoxy groups -OCH3 is 1. The van der Waals surface area contributed by atoms with Gasteiger partial charge in [-0.15, -0.1) is 0 Å². The van der Waals surface area contributed by atoms with Gasteiger partial charge in [0.2, 0.25) is 5.69 Å². The van der Waals surface area contributed by atoms with Crippen LogP contribution in [0.1, 0.15) is 36.1 Å². The zero-order valence-electron chi connectivity index (χ0n) is 15.1. The van der Waals surface area contributed by atoms with E-state index < -0.39 is 0 Å². The number of hydrogen-bond acceptors (Lipinski definition) is 2. The lowest BCUT2D eigenvalue weighted by molar-refractivity contribution is -0.673. The summed E-state index contributed by atoms with van der Waals surface area (Å²) in [6.07, 6.45) is 10.4. The van der Waals surface area contributed by atoms with Crippen molar-refractivity contribution in [3.63, 3.8) is 0 Å².